The molecule has 0 saturated carbocycles. The van der Waals surface area contributed by atoms with Gasteiger partial charge in [-0.1, -0.05) is 19.1 Å². The van der Waals surface area contributed by atoms with E-state index >= 15 is 0 Å². The predicted octanol–water partition coefficient (Wildman–Crippen LogP) is 3.74. The molecule has 0 unspecified atom stereocenters. The van der Waals surface area contributed by atoms with Crippen LogP contribution in [0.25, 0.3) is 5.69 Å². The second-order valence-electron chi connectivity index (χ2n) is 7.72. The molecule has 2 N–H and O–H groups in total. The molecule has 7 nitrogen and oxygen atoms in total. The van der Waals surface area contributed by atoms with Crippen molar-refractivity contribution in [1.82, 2.24) is 15.1 Å². The number of rotatable bonds is 6. The van der Waals surface area contributed by atoms with E-state index in [1.165, 1.54) is 27.6 Å². The molecule has 1 aromatic carbocycles. The average molecular weight is 451 g/mol. The van der Waals surface area contributed by atoms with Crippen LogP contribution >= 0.6 is 11.3 Å². The lowest BCUT2D eigenvalue weighted by Crippen LogP contribution is -2.28. The second kappa shape index (κ2) is 9.48. The maximum atomic E-state index is 13.1. The molecule has 166 valence electrons. The van der Waals surface area contributed by atoms with E-state index in [9.17, 15) is 14.4 Å². The Balaban J connectivity index is 1.66. The highest BCUT2D eigenvalue weighted by molar-refractivity contribution is 7.17. The van der Waals surface area contributed by atoms with E-state index in [-0.39, 0.29) is 11.6 Å². The quantitative estimate of drug-likeness (QED) is 0.598. The molecule has 0 radical (unpaired) electrons. The lowest BCUT2D eigenvalue weighted by atomic mass is 9.95. The zero-order chi connectivity index (χ0) is 22.7. The number of hydrogen-bond acceptors (Lipinski definition) is 5. The molecule has 32 heavy (non-hydrogen) atoms. The van der Waals surface area contributed by atoms with Crippen molar-refractivity contribution in [3.8, 4) is 5.69 Å². The molecular weight excluding hydrogens is 424 g/mol. The molecule has 0 atom stereocenters. The third-order valence-corrected chi connectivity index (χ3v) is 6.80. The number of anilines is 1. The maximum Gasteiger partial charge on any atom is 0.280 e. The van der Waals surface area contributed by atoms with Gasteiger partial charge in [0, 0.05) is 23.7 Å². The Hall–Kier alpha value is -3.26. The van der Waals surface area contributed by atoms with Crippen LogP contribution in [-0.2, 0) is 19.3 Å². The molecular formula is C24H26N4O3S. The van der Waals surface area contributed by atoms with Gasteiger partial charge in [-0.3, -0.25) is 14.4 Å². The molecule has 0 bridgehead atoms. The topological polar surface area (TPSA) is 93.1 Å². The number of carbonyl (C=O) groups excluding carboxylic acids is 2. The van der Waals surface area contributed by atoms with Crippen molar-refractivity contribution in [2.24, 2.45) is 0 Å². The van der Waals surface area contributed by atoms with Crippen LogP contribution in [-0.4, -0.2) is 28.1 Å². The number of nitrogens with zero attached hydrogens (tertiary/aromatic N) is 2. The first-order valence-corrected chi connectivity index (χ1v) is 11.8. The largest absolute Gasteiger partial charge is 0.352 e. The van der Waals surface area contributed by atoms with Gasteiger partial charge in [-0.05, 0) is 62.3 Å². The van der Waals surface area contributed by atoms with Crippen molar-refractivity contribution in [3.05, 3.63) is 74.0 Å². The van der Waals surface area contributed by atoms with E-state index in [2.05, 4.69) is 22.7 Å². The SMILES string of the molecule is CCNC(=O)c1c(NC(=O)c2nn(-c3ccc(CC)cc3)ccc2=O)sc2c1CCCC2. The number of fused-ring (bicyclic) bond motifs is 1. The second-order valence-corrected chi connectivity index (χ2v) is 8.83. The minimum absolute atomic E-state index is 0.198. The van der Waals surface area contributed by atoms with Crippen LogP contribution < -0.4 is 16.1 Å². The highest BCUT2D eigenvalue weighted by atomic mass is 32.1. The summed E-state index contributed by atoms with van der Waals surface area (Å²) in [6.07, 6.45) is 6.27. The van der Waals surface area contributed by atoms with Crippen molar-refractivity contribution in [2.45, 2.75) is 46.0 Å². The summed E-state index contributed by atoms with van der Waals surface area (Å²) in [5, 5.41) is 10.4. The smallest absolute Gasteiger partial charge is 0.280 e. The Morgan fingerprint density at radius 1 is 1.06 bits per heavy atom. The maximum absolute atomic E-state index is 13.1. The molecule has 0 saturated heterocycles. The summed E-state index contributed by atoms with van der Waals surface area (Å²) in [6.45, 7) is 4.43. The monoisotopic (exact) mass is 450 g/mol. The van der Waals surface area contributed by atoms with Gasteiger partial charge in [-0.2, -0.15) is 5.10 Å². The summed E-state index contributed by atoms with van der Waals surface area (Å²) in [7, 11) is 0. The fraction of sp³-hybridized carbons (Fsp3) is 0.333. The Kier molecular flexibility index (Phi) is 6.50. The van der Waals surface area contributed by atoms with Gasteiger partial charge in [0.15, 0.2) is 5.69 Å². The van der Waals surface area contributed by atoms with Gasteiger partial charge in [-0.15, -0.1) is 11.3 Å². The molecule has 2 aromatic heterocycles. The van der Waals surface area contributed by atoms with Gasteiger partial charge in [-0.25, -0.2) is 4.68 Å². The number of hydrogen-bond donors (Lipinski definition) is 2. The van der Waals surface area contributed by atoms with Crippen LogP contribution in [0.2, 0.25) is 0 Å². The summed E-state index contributed by atoms with van der Waals surface area (Å²) in [6, 6.07) is 9.12. The van der Waals surface area contributed by atoms with Crippen molar-refractivity contribution >= 4 is 28.2 Å². The minimum Gasteiger partial charge on any atom is -0.352 e. The van der Waals surface area contributed by atoms with E-state index in [0.29, 0.717) is 17.1 Å². The first kappa shape index (κ1) is 22.0. The number of aromatic nitrogens is 2. The molecule has 2 heterocycles. The molecule has 4 rings (SSSR count). The third-order valence-electron chi connectivity index (χ3n) is 5.60. The van der Waals surface area contributed by atoms with E-state index in [1.54, 1.807) is 6.20 Å². The first-order chi connectivity index (χ1) is 15.5. The fourth-order valence-corrected chi connectivity index (χ4v) is 5.18. The number of nitrogens with one attached hydrogen (secondary N) is 2. The van der Waals surface area contributed by atoms with Crippen LogP contribution in [0.3, 0.4) is 0 Å². The number of benzene rings is 1. The summed E-state index contributed by atoms with van der Waals surface area (Å²) in [4.78, 5) is 39.4. The summed E-state index contributed by atoms with van der Waals surface area (Å²) in [5.41, 5.74) is 2.80. The normalized spacial score (nSPS) is 12.8. The molecule has 2 amide bonds. The molecule has 0 aliphatic heterocycles. The fourth-order valence-electron chi connectivity index (χ4n) is 3.90. The number of amides is 2. The minimum atomic E-state index is -0.612. The van der Waals surface area contributed by atoms with Gasteiger partial charge in [0.1, 0.15) is 5.00 Å². The zero-order valence-corrected chi connectivity index (χ0v) is 19.1. The molecule has 3 aromatic rings. The van der Waals surface area contributed by atoms with E-state index in [0.717, 1.165) is 48.2 Å². The Morgan fingerprint density at radius 3 is 2.53 bits per heavy atom. The van der Waals surface area contributed by atoms with E-state index in [4.69, 9.17) is 0 Å². The van der Waals surface area contributed by atoms with Crippen molar-refractivity contribution in [2.75, 3.05) is 11.9 Å². The molecule has 1 aliphatic carbocycles. The van der Waals surface area contributed by atoms with Crippen LogP contribution in [0.4, 0.5) is 5.00 Å². The number of carbonyl (C=O) groups is 2. The summed E-state index contributed by atoms with van der Waals surface area (Å²) in [5.74, 6) is -0.810. The van der Waals surface area contributed by atoms with Gasteiger partial charge < -0.3 is 10.6 Å². The standard InChI is InChI=1S/C24H26N4O3S/c1-3-15-9-11-16(12-10-15)28-14-13-18(29)21(27-28)23(31)26-24-20(22(30)25-4-2)17-7-5-6-8-19(17)32-24/h9-14H,3-8H2,1-2H3,(H,25,30)(H,26,31). The van der Waals surface area contributed by atoms with Crippen LogP contribution in [0.15, 0.2) is 41.3 Å². The molecule has 0 fully saturated rings. The van der Waals surface area contributed by atoms with Gasteiger partial charge in [0.25, 0.3) is 11.8 Å². The van der Waals surface area contributed by atoms with Gasteiger partial charge >= 0.3 is 0 Å². The summed E-state index contributed by atoms with van der Waals surface area (Å²) >= 11 is 1.42. The Morgan fingerprint density at radius 2 is 1.81 bits per heavy atom. The van der Waals surface area contributed by atoms with Gasteiger partial charge in [0.2, 0.25) is 5.43 Å². The van der Waals surface area contributed by atoms with Crippen molar-refractivity contribution in [3.63, 3.8) is 0 Å². The molecule has 8 heteroatoms. The van der Waals surface area contributed by atoms with Crippen molar-refractivity contribution in [1.29, 1.82) is 0 Å². The average Bonchev–Trinajstić information content (AvgIpc) is 3.17. The molecule has 0 spiro atoms. The van der Waals surface area contributed by atoms with Gasteiger partial charge in [0.05, 0.1) is 11.3 Å². The Labute approximate surface area is 190 Å². The lowest BCUT2D eigenvalue weighted by Gasteiger charge is -2.13. The summed E-state index contributed by atoms with van der Waals surface area (Å²) < 4.78 is 1.51. The lowest BCUT2D eigenvalue weighted by molar-refractivity contribution is 0.0956. The Bertz CT molecular complexity index is 1210. The third kappa shape index (κ3) is 4.36. The highest BCUT2D eigenvalue weighted by Crippen LogP contribution is 2.38. The zero-order valence-electron chi connectivity index (χ0n) is 18.2. The van der Waals surface area contributed by atoms with Crippen LogP contribution in [0, 0.1) is 0 Å². The molecule has 1 aliphatic rings. The van der Waals surface area contributed by atoms with E-state index < -0.39 is 11.3 Å². The van der Waals surface area contributed by atoms with Crippen molar-refractivity contribution < 1.29 is 9.59 Å². The number of thiophene rings is 1. The first-order valence-electron chi connectivity index (χ1n) is 10.9. The van der Waals surface area contributed by atoms with Crippen LogP contribution in [0.1, 0.15) is 63.5 Å². The van der Waals surface area contributed by atoms with Crippen LogP contribution in [0.5, 0.6) is 0 Å². The highest BCUT2D eigenvalue weighted by Gasteiger charge is 2.27. The predicted molar refractivity (Wildman–Crippen MR) is 126 cm³/mol. The van der Waals surface area contributed by atoms with E-state index in [1.807, 2.05) is 31.2 Å². The number of aryl methyl sites for hydroxylation is 2.